The van der Waals surface area contributed by atoms with Gasteiger partial charge in [-0.15, -0.1) is 0 Å². The van der Waals surface area contributed by atoms with Crippen LogP contribution in [0.1, 0.15) is 97.9 Å². The van der Waals surface area contributed by atoms with Crippen molar-refractivity contribution >= 4 is 37.0 Å². The number of ether oxygens (including phenoxy) is 4. The quantitative estimate of drug-likeness (QED) is 0.0906. The van der Waals surface area contributed by atoms with Crippen molar-refractivity contribution in [1.29, 1.82) is 0 Å². The second-order valence-corrected chi connectivity index (χ2v) is 16.8. The van der Waals surface area contributed by atoms with Crippen LogP contribution in [0.3, 0.4) is 0 Å². The summed E-state index contributed by atoms with van der Waals surface area (Å²) in [5.74, 6) is -2.09. The Kier molecular flexibility index (Phi) is 13.6. The highest BCUT2D eigenvalue weighted by atomic mass is 31.2. The highest BCUT2D eigenvalue weighted by Crippen LogP contribution is 2.50. The van der Waals surface area contributed by atoms with Crippen LogP contribution in [0.2, 0.25) is 0 Å². The third-order valence-corrected chi connectivity index (χ3v) is 12.0. The van der Waals surface area contributed by atoms with Crippen molar-refractivity contribution in [3.05, 3.63) is 53.5 Å². The maximum Gasteiger partial charge on any atom is 0.459 e. The van der Waals surface area contributed by atoms with E-state index in [1.54, 1.807) is 52.8 Å². The number of esters is 3. The van der Waals surface area contributed by atoms with Crippen LogP contribution in [0.25, 0.3) is 5.52 Å². The number of rotatable bonds is 17. The molecule has 302 valence electrons. The average Bonchev–Trinajstić information content (AvgIpc) is 3.71. The summed E-state index contributed by atoms with van der Waals surface area (Å²) in [6.07, 6.45) is 2.86. The minimum Gasteiger partial charge on any atom is -0.464 e. The molecular formula is C39H56N5O10P. The summed E-state index contributed by atoms with van der Waals surface area (Å²) < 4.78 is 53.3. The van der Waals surface area contributed by atoms with E-state index in [-0.39, 0.29) is 18.3 Å². The second-order valence-electron chi connectivity index (χ2n) is 15.1. The minimum atomic E-state index is -4.42. The fraction of sp³-hybridized carbons (Fsp3) is 0.615. The Balaban J connectivity index is 1.52. The van der Waals surface area contributed by atoms with Gasteiger partial charge in [0.2, 0.25) is 0 Å². The monoisotopic (exact) mass is 785 g/mol. The van der Waals surface area contributed by atoms with Crippen LogP contribution in [-0.4, -0.2) is 70.1 Å². The largest absolute Gasteiger partial charge is 0.464 e. The van der Waals surface area contributed by atoms with Gasteiger partial charge in [-0.3, -0.25) is 18.9 Å². The number of aryl methyl sites for hydroxylation is 1. The Labute approximate surface area is 322 Å². The zero-order valence-corrected chi connectivity index (χ0v) is 34.0. The number of nitrogens with two attached hydrogens (primary N) is 1. The number of hydrogen-bond acceptors (Lipinski definition) is 13. The van der Waals surface area contributed by atoms with Crippen LogP contribution in [0.15, 0.2) is 36.7 Å². The molecule has 0 radical (unpaired) electrons. The van der Waals surface area contributed by atoms with E-state index in [0.717, 1.165) is 49.7 Å². The van der Waals surface area contributed by atoms with Gasteiger partial charge in [-0.05, 0) is 74.8 Å². The molecule has 1 aliphatic carbocycles. The number of hydrogen-bond donors (Lipinski definition) is 2. The summed E-state index contributed by atoms with van der Waals surface area (Å²) >= 11 is 0. The fourth-order valence-corrected chi connectivity index (χ4v) is 8.36. The van der Waals surface area contributed by atoms with Gasteiger partial charge < -0.3 is 29.2 Å². The van der Waals surface area contributed by atoms with Gasteiger partial charge in [-0.2, -0.15) is 10.2 Å². The summed E-state index contributed by atoms with van der Waals surface area (Å²) in [5.41, 5.74) is 7.56. The zero-order chi connectivity index (χ0) is 40.1. The Morgan fingerprint density at radius 3 is 2.38 bits per heavy atom. The third kappa shape index (κ3) is 9.50. The number of anilines is 1. The summed E-state index contributed by atoms with van der Waals surface area (Å²) in [6.45, 7) is 13.7. The topological polar surface area (TPSA) is 192 Å². The molecule has 3 heterocycles. The van der Waals surface area contributed by atoms with Gasteiger partial charge >= 0.3 is 25.7 Å². The lowest BCUT2D eigenvalue weighted by Crippen LogP contribution is -2.46. The molecule has 16 heteroatoms. The van der Waals surface area contributed by atoms with Gasteiger partial charge in [0.15, 0.2) is 18.0 Å². The number of benzene rings is 1. The number of carbonyl (C=O) groups excluding carboxylic acids is 3. The number of nitrogens with zero attached hydrogens (tertiary/aromatic N) is 3. The molecule has 15 nitrogen and oxygen atoms in total. The molecule has 5 rings (SSSR count). The van der Waals surface area contributed by atoms with E-state index in [1.165, 1.54) is 17.8 Å². The molecule has 0 amide bonds. The van der Waals surface area contributed by atoms with Crippen molar-refractivity contribution in [1.82, 2.24) is 19.7 Å². The molecule has 3 N–H and O–H groups in total. The number of carbonyl (C=O) groups is 3. The lowest BCUT2D eigenvalue weighted by atomic mass is 9.91. The minimum absolute atomic E-state index is 0.184. The van der Waals surface area contributed by atoms with Gasteiger partial charge in [0.25, 0.3) is 0 Å². The summed E-state index contributed by atoms with van der Waals surface area (Å²) in [7, 11) is -4.42. The summed E-state index contributed by atoms with van der Waals surface area (Å²) in [6, 6.07) is 7.89. The van der Waals surface area contributed by atoms with E-state index in [2.05, 4.69) is 15.2 Å². The lowest BCUT2D eigenvalue weighted by Gasteiger charge is -2.31. The molecule has 1 unspecified atom stereocenters. The van der Waals surface area contributed by atoms with Crippen molar-refractivity contribution in [3.63, 3.8) is 0 Å². The number of aromatic nitrogens is 3. The molecule has 6 atom stereocenters. The maximum absolute atomic E-state index is 14.9. The second kappa shape index (κ2) is 17.8. The fourth-order valence-electron chi connectivity index (χ4n) is 6.83. The van der Waals surface area contributed by atoms with Crippen LogP contribution < -0.4 is 15.3 Å². The maximum atomic E-state index is 14.9. The van der Waals surface area contributed by atoms with E-state index in [9.17, 15) is 18.9 Å². The first-order chi connectivity index (χ1) is 26.1. The van der Waals surface area contributed by atoms with E-state index in [0.29, 0.717) is 17.0 Å². The Morgan fingerprint density at radius 1 is 1.00 bits per heavy atom. The smallest absolute Gasteiger partial charge is 0.459 e. The van der Waals surface area contributed by atoms with Crippen LogP contribution >= 0.6 is 7.75 Å². The van der Waals surface area contributed by atoms with E-state index >= 15 is 0 Å². The molecule has 55 heavy (non-hydrogen) atoms. The van der Waals surface area contributed by atoms with Crippen LogP contribution in [0.4, 0.5) is 5.82 Å². The molecule has 0 bridgehead atoms. The van der Waals surface area contributed by atoms with Crippen molar-refractivity contribution in [2.75, 3.05) is 18.9 Å². The normalized spacial score (nSPS) is 22.7. The molecule has 0 saturated carbocycles. The molecule has 0 spiro atoms. The molecule has 2 aromatic heterocycles. The predicted molar refractivity (Wildman–Crippen MR) is 204 cm³/mol. The van der Waals surface area contributed by atoms with E-state index < -0.39 is 74.1 Å². The first-order valence-corrected chi connectivity index (χ1v) is 20.8. The van der Waals surface area contributed by atoms with Gasteiger partial charge in [0.05, 0.1) is 30.7 Å². The van der Waals surface area contributed by atoms with Gasteiger partial charge in [-0.25, -0.2) is 14.1 Å². The van der Waals surface area contributed by atoms with Crippen LogP contribution in [-0.2, 0) is 60.9 Å². The highest BCUT2D eigenvalue weighted by molar-refractivity contribution is 7.52. The zero-order valence-electron chi connectivity index (χ0n) is 33.1. The van der Waals surface area contributed by atoms with E-state index in [1.807, 2.05) is 26.0 Å². The predicted octanol–water partition coefficient (Wildman–Crippen LogP) is 6.10. The first-order valence-electron chi connectivity index (χ1n) is 19.3. The Morgan fingerprint density at radius 2 is 1.69 bits per heavy atom. The summed E-state index contributed by atoms with van der Waals surface area (Å²) in [4.78, 5) is 43.8. The van der Waals surface area contributed by atoms with Crippen molar-refractivity contribution in [2.45, 2.75) is 124 Å². The van der Waals surface area contributed by atoms with Crippen molar-refractivity contribution < 1.29 is 46.9 Å². The summed E-state index contributed by atoms with van der Waals surface area (Å²) in [5, 5.41) is 7.18. The number of nitrogen functional groups attached to an aromatic ring is 1. The Bertz CT molecular complexity index is 1880. The molecule has 1 fully saturated rings. The van der Waals surface area contributed by atoms with Crippen LogP contribution in [0, 0.1) is 17.8 Å². The van der Waals surface area contributed by atoms with Gasteiger partial charge in [0.1, 0.15) is 35.3 Å². The first kappa shape index (κ1) is 42.1. The standard InChI is InChI=1S/C39H56N5O10P/c1-9-26(10-2)20-49-38(47)25(7)43-55(48,54-30-17-13-15-27-14-11-12-16-28(27)30)50-21-31-33(51-36(45)23(3)4)34(52-37(46)24(5)6)39(8,53-31)32-19-18-29-35(40)41-22-42-44(29)32/h13,15,17-19,22-26,31,33-34H,9-12,14,16,20-21H2,1-8H3,(H,43,48)(H2,40,41,42)/t25-,31+,33+,34+,39-,55?/m0/s1. The number of fused-ring (bicyclic) bond motifs is 2. The third-order valence-electron chi connectivity index (χ3n) is 10.3. The highest BCUT2D eigenvalue weighted by Gasteiger charge is 2.59. The van der Waals surface area contributed by atoms with Gasteiger partial charge in [0, 0.05) is 0 Å². The molecule has 1 aliphatic heterocycles. The lowest BCUT2D eigenvalue weighted by molar-refractivity contribution is -0.175. The Hall–Kier alpha value is -4.04. The van der Waals surface area contributed by atoms with Crippen molar-refractivity contribution in [2.24, 2.45) is 17.8 Å². The molecule has 1 saturated heterocycles. The van der Waals surface area contributed by atoms with E-state index in [4.69, 9.17) is 33.7 Å². The molecular weight excluding hydrogens is 729 g/mol. The molecule has 1 aromatic carbocycles. The van der Waals surface area contributed by atoms with Gasteiger partial charge in [-0.1, -0.05) is 66.5 Å². The average molecular weight is 786 g/mol. The van der Waals surface area contributed by atoms with Crippen molar-refractivity contribution in [3.8, 4) is 5.75 Å². The molecule has 2 aliphatic rings. The number of nitrogens with one attached hydrogen (secondary N) is 1. The SMILES string of the molecule is CCC(CC)COC(=O)[C@H](C)NP(=O)(OC[C@H]1O[C@@](C)(c2ccc3c(N)ncnn23)[C@H](OC(=O)C(C)C)[C@@H]1OC(=O)C(C)C)Oc1cccc2c1CCCC2. The molecule has 3 aromatic rings. The van der Waals surface area contributed by atoms with Crippen LogP contribution in [0.5, 0.6) is 5.75 Å².